The molecule has 0 bridgehead atoms. The van der Waals surface area contributed by atoms with Crippen molar-refractivity contribution in [2.24, 2.45) is 21.9 Å². The molecule has 0 heterocycles. The Balaban J connectivity index is 2.22. The molecule has 1 aliphatic carbocycles. The molecular weight excluding hydrogens is 238 g/mol. The lowest BCUT2D eigenvalue weighted by Crippen LogP contribution is -2.26. The molecule has 0 spiro atoms. The van der Waals surface area contributed by atoms with Crippen LogP contribution in [0, 0.1) is 5.41 Å². The summed E-state index contributed by atoms with van der Waals surface area (Å²) in [5.74, 6) is -0.366. The van der Waals surface area contributed by atoms with E-state index in [1.807, 2.05) is 31.2 Å². The van der Waals surface area contributed by atoms with E-state index in [0.717, 1.165) is 12.0 Å². The standard InChI is InChI=1S/C12H14ClN3O/c1-12(10(17)16-11(14)15)6-8(12)7-4-2-3-5-9(7)13/h2-5,8H,6H2,1H3,(H4,14,15,16,17). The van der Waals surface area contributed by atoms with E-state index >= 15 is 0 Å². The number of hydrogen-bond donors (Lipinski definition) is 2. The fraction of sp³-hybridized carbons (Fsp3) is 0.333. The molecule has 4 N–H and O–H groups in total. The first-order chi connectivity index (χ1) is 7.95. The number of carbonyl (C=O) groups excluding carboxylic acids is 1. The number of nitrogens with two attached hydrogens (primary N) is 2. The van der Waals surface area contributed by atoms with Gasteiger partial charge in [0.25, 0.3) is 5.91 Å². The minimum Gasteiger partial charge on any atom is -0.370 e. The number of guanidine groups is 1. The van der Waals surface area contributed by atoms with Crippen molar-refractivity contribution in [3.05, 3.63) is 34.9 Å². The second-order valence-corrected chi connectivity index (χ2v) is 4.94. The molecule has 0 aliphatic heterocycles. The summed E-state index contributed by atoms with van der Waals surface area (Å²) in [5, 5.41) is 0.679. The van der Waals surface area contributed by atoms with E-state index in [9.17, 15) is 4.79 Å². The van der Waals surface area contributed by atoms with Crippen LogP contribution < -0.4 is 11.5 Å². The topological polar surface area (TPSA) is 81.5 Å². The first kappa shape index (κ1) is 11.9. The van der Waals surface area contributed by atoms with Gasteiger partial charge in [0.2, 0.25) is 0 Å². The van der Waals surface area contributed by atoms with E-state index in [1.54, 1.807) is 0 Å². The Morgan fingerprint density at radius 3 is 2.71 bits per heavy atom. The van der Waals surface area contributed by atoms with E-state index < -0.39 is 5.41 Å². The van der Waals surface area contributed by atoms with E-state index in [1.165, 1.54) is 0 Å². The SMILES string of the molecule is CC1(C(=O)N=C(N)N)CC1c1ccccc1Cl. The van der Waals surface area contributed by atoms with Crippen LogP contribution in [-0.4, -0.2) is 11.9 Å². The lowest BCUT2D eigenvalue weighted by molar-refractivity contribution is -0.122. The molecule has 0 radical (unpaired) electrons. The summed E-state index contributed by atoms with van der Waals surface area (Å²) in [6, 6.07) is 7.52. The summed E-state index contributed by atoms with van der Waals surface area (Å²) < 4.78 is 0. The molecule has 4 nitrogen and oxygen atoms in total. The number of halogens is 1. The fourth-order valence-electron chi connectivity index (χ4n) is 2.06. The molecule has 5 heteroatoms. The first-order valence-electron chi connectivity index (χ1n) is 5.33. The minimum absolute atomic E-state index is 0.104. The minimum atomic E-state index is -0.519. The van der Waals surface area contributed by atoms with Gasteiger partial charge in [0.1, 0.15) is 0 Å². The monoisotopic (exact) mass is 251 g/mol. The third kappa shape index (κ3) is 2.13. The van der Waals surface area contributed by atoms with Gasteiger partial charge in [0.05, 0.1) is 5.41 Å². The van der Waals surface area contributed by atoms with Gasteiger partial charge in [-0.15, -0.1) is 0 Å². The Morgan fingerprint density at radius 1 is 1.47 bits per heavy atom. The summed E-state index contributed by atoms with van der Waals surface area (Å²) >= 11 is 6.10. The molecule has 1 saturated carbocycles. The van der Waals surface area contributed by atoms with Crippen molar-refractivity contribution in [2.45, 2.75) is 19.3 Å². The average molecular weight is 252 g/mol. The number of benzene rings is 1. The summed E-state index contributed by atoms with van der Waals surface area (Å²) in [6.07, 6.45) is 0.729. The van der Waals surface area contributed by atoms with Crippen molar-refractivity contribution in [1.29, 1.82) is 0 Å². The van der Waals surface area contributed by atoms with Gasteiger partial charge in [0, 0.05) is 10.9 Å². The molecule has 0 aromatic heterocycles. The molecule has 2 atom stereocenters. The van der Waals surface area contributed by atoms with E-state index in [0.29, 0.717) is 5.02 Å². The maximum absolute atomic E-state index is 11.8. The van der Waals surface area contributed by atoms with Gasteiger partial charge in [-0.3, -0.25) is 4.79 Å². The number of amides is 1. The second-order valence-electron chi connectivity index (χ2n) is 4.54. The van der Waals surface area contributed by atoms with Gasteiger partial charge in [-0.25, -0.2) is 0 Å². The number of nitrogens with zero attached hydrogens (tertiary/aromatic N) is 1. The molecule has 90 valence electrons. The van der Waals surface area contributed by atoms with Gasteiger partial charge >= 0.3 is 0 Å². The van der Waals surface area contributed by atoms with Crippen LogP contribution in [0.3, 0.4) is 0 Å². The Labute approximate surface area is 105 Å². The third-order valence-corrected chi connectivity index (χ3v) is 3.58. The normalized spacial score (nSPS) is 26.4. The predicted molar refractivity (Wildman–Crippen MR) is 67.7 cm³/mol. The summed E-state index contributed by atoms with van der Waals surface area (Å²) in [6.45, 7) is 1.86. The largest absolute Gasteiger partial charge is 0.370 e. The van der Waals surface area contributed by atoms with Crippen LogP contribution >= 0.6 is 11.6 Å². The lowest BCUT2D eigenvalue weighted by Gasteiger charge is -2.08. The van der Waals surface area contributed by atoms with Crippen molar-refractivity contribution in [3.8, 4) is 0 Å². The van der Waals surface area contributed by atoms with Gasteiger partial charge < -0.3 is 11.5 Å². The second kappa shape index (κ2) is 4.04. The Morgan fingerprint density at radius 2 is 2.12 bits per heavy atom. The zero-order valence-electron chi connectivity index (χ0n) is 9.48. The maximum atomic E-state index is 11.8. The van der Waals surface area contributed by atoms with Crippen molar-refractivity contribution >= 4 is 23.5 Å². The highest BCUT2D eigenvalue weighted by atomic mass is 35.5. The zero-order chi connectivity index (χ0) is 12.6. The summed E-state index contributed by atoms with van der Waals surface area (Å²) in [7, 11) is 0. The number of aliphatic imine (C=N–C) groups is 1. The molecule has 17 heavy (non-hydrogen) atoms. The van der Waals surface area contributed by atoms with Crippen LogP contribution in [0.2, 0.25) is 5.02 Å². The highest BCUT2D eigenvalue weighted by molar-refractivity contribution is 6.31. The molecule has 1 aromatic rings. The lowest BCUT2D eigenvalue weighted by atomic mass is 10.0. The third-order valence-electron chi connectivity index (χ3n) is 3.24. The number of carbonyl (C=O) groups is 1. The summed E-state index contributed by atoms with van der Waals surface area (Å²) in [5.41, 5.74) is 10.9. The highest BCUT2D eigenvalue weighted by Gasteiger charge is 2.57. The molecule has 1 aliphatic rings. The van der Waals surface area contributed by atoms with Gasteiger partial charge in [0.15, 0.2) is 5.96 Å². The maximum Gasteiger partial charge on any atom is 0.255 e. The molecule has 1 fully saturated rings. The number of rotatable bonds is 2. The quantitative estimate of drug-likeness (QED) is 0.619. The molecular formula is C12H14ClN3O. The fourth-order valence-corrected chi connectivity index (χ4v) is 2.32. The predicted octanol–water partition coefficient (Wildman–Crippen LogP) is 1.63. The molecule has 1 amide bonds. The number of hydrogen-bond acceptors (Lipinski definition) is 1. The van der Waals surface area contributed by atoms with E-state index in [2.05, 4.69) is 4.99 Å². The van der Waals surface area contributed by atoms with Crippen LogP contribution in [0.5, 0.6) is 0 Å². The Hall–Kier alpha value is -1.55. The summed E-state index contributed by atoms with van der Waals surface area (Å²) in [4.78, 5) is 15.4. The van der Waals surface area contributed by atoms with Crippen LogP contribution in [0.1, 0.15) is 24.8 Å². The highest BCUT2D eigenvalue weighted by Crippen LogP contribution is 2.60. The molecule has 2 rings (SSSR count). The van der Waals surface area contributed by atoms with Crippen LogP contribution in [0.15, 0.2) is 29.3 Å². The Kier molecular flexibility index (Phi) is 2.83. The molecule has 1 aromatic carbocycles. The van der Waals surface area contributed by atoms with E-state index in [4.69, 9.17) is 23.1 Å². The van der Waals surface area contributed by atoms with Crippen molar-refractivity contribution in [1.82, 2.24) is 0 Å². The van der Waals surface area contributed by atoms with Crippen molar-refractivity contribution < 1.29 is 4.79 Å². The van der Waals surface area contributed by atoms with Gasteiger partial charge in [-0.2, -0.15) is 4.99 Å². The average Bonchev–Trinajstić information content (AvgIpc) is 2.92. The van der Waals surface area contributed by atoms with Gasteiger partial charge in [-0.1, -0.05) is 36.7 Å². The van der Waals surface area contributed by atoms with E-state index in [-0.39, 0.29) is 17.8 Å². The van der Waals surface area contributed by atoms with Crippen molar-refractivity contribution in [2.75, 3.05) is 0 Å². The van der Waals surface area contributed by atoms with Crippen LogP contribution in [-0.2, 0) is 4.79 Å². The first-order valence-corrected chi connectivity index (χ1v) is 5.71. The zero-order valence-corrected chi connectivity index (χ0v) is 10.2. The molecule has 0 saturated heterocycles. The van der Waals surface area contributed by atoms with Crippen LogP contribution in [0.25, 0.3) is 0 Å². The molecule has 2 unspecified atom stereocenters. The van der Waals surface area contributed by atoms with Crippen LogP contribution in [0.4, 0.5) is 0 Å². The smallest absolute Gasteiger partial charge is 0.255 e. The van der Waals surface area contributed by atoms with Crippen molar-refractivity contribution in [3.63, 3.8) is 0 Å². The van der Waals surface area contributed by atoms with Gasteiger partial charge in [-0.05, 0) is 18.1 Å². The Bertz CT molecular complexity index is 496.